The largest absolute Gasteiger partial charge is 0.489 e. The highest BCUT2D eigenvalue weighted by atomic mass is 16.5. The third-order valence-electron chi connectivity index (χ3n) is 5.03. The second-order valence-corrected chi connectivity index (χ2v) is 6.86. The van der Waals surface area contributed by atoms with Gasteiger partial charge < -0.3 is 9.64 Å². The molecule has 4 rings (SSSR count). The molecule has 1 amide bonds. The number of para-hydroxylation sites is 1. The molecule has 0 aromatic heterocycles. The van der Waals surface area contributed by atoms with Crippen LogP contribution >= 0.6 is 0 Å². The highest BCUT2D eigenvalue weighted by Crippen LogP contribution is 2.24. The van der Waals surface area contributed by atoms with Gasteiger partial charge in [0.2, 0.25) is 0 Å². The summed E-state index contributed by atoms with van der Waals surface area (Å²) in [6.45, 7) is 1.75. The van der Waals surface area contributed by atoms with Crippen LogP contribution < -0.4 is 4.74 Å². The van der Waals surface area contributed by atoms with Gasteiger partial charge in [0.05, 0.1) is 0 Å². The molecule has 0 bridgehead atoms. The predicted molar refractivity (Wildman–Crippen MR) is 112 cm³/mol. The van der Waals surface area contributed by atoms with Gasteiger partial charge in [-0.15, -0.1) is 0 Å². The van der Waals surface area contributed by atoms with Crippen LogP contribution in [0.25, 0.3) is 5.57 Å². The highest BCUT2D eigenvalue weighted by Gasteiger charge is 2.21. The Labute approximate surface area is 165 Å². The monoisotopic (exact) mass is 369 g/mol. The molecule has 140 valence electrons. The molecule has 0 spiro atoms. The number of hydrogen-bond donors (Lipinski definition) is 0. The van der Waals surface area contributed by atoms with E-state index in [4.69, 9.17) is 4.74 Å². The second-order valence-electron chi connectivity index (χ2n) is 6.86. The fourth-order valence-corrected chi connectivity index (χ4v) is 3.47. The van der Waals surface area contributed by atoms with Crippen LogP contribution in [0.15, 0.2) is 91.0 Å². The Hall–Kier alpha value is -3.33. The van der Waals surface area contributed by atoms with Crippen molar-refractivity contribution in [3.05, 3.63) is 108 Å². The Morgan fingerprint density at radius 2 is 1.54 bits per heavy atom. The molecule has 0 radical (unpaired) electrons. The number of carbonyl (C=O) groups is 1. The average molecular weight is 369 g/mol. The van der Waals surface area contributed by atoms with Crippen LogP contribution in [-0.2, 0) is 6.61 Å². The Morgan fingerprint density at radius 3 is 2.25 bits per heavy atom. The van der Waals surface area contributed by atoms with E-state index in [9.17, 15) is 4.79 Å². The van der Waals surface area contributed by atoms with E-state index in [1.54, 1.807) is 0 Å². The smallest absolute Gasteiger partial charge is 0.254 e. The Kier molecular flexibility index (Phi) is 5.53. The van der Waals surface area contributed by atoms with Gasteiger partial charge >= 0.3 is 0 Å². The van der Waals surface area contributed by atoms with Crippen molar-refractivity contribution in [3.63, 3.8) is 0 Å². The van der Waals surface area contributed by atoms with Crippen molar-refractivity contribution < 1.29 is 9.53 Å². The number of hydrogen-bond acceptors (Lipinski definition) is 2. The van der Waals surface area contributed by atoms with Crippen LogP contribution in [-0.4, -0.2) is 23.9 Å². The summed E-state index contributed by atoms with van der Waals surface area (Å²) in [5.41, 5.74) is 4.18. The van der Waals surface area contributed by atoms with E-state index >= 15 is 0 Å². The molecule has 0 N–H and O–H groups in total. The van der Waals surface area contributed by atoms with Crippen molar-refractivity contribution >= 4 is 11.5 Å². The van der Waals surface area contributed by atoms with E-state index in [-0.39, 0.29) is 5.91 Å². The molecule has 1 heterocycles. The number of benzene rings is 3. The molecular weight excluding hydrogens is 346 g/mol. The Bertz CT molecular complexity index is 964. The van der Waals surface area contributed by atoms with Crippen LogP contribution in [0.2, 0.25) is 0 Å². The molecule has 0 fully saturated rings. The second kappa shape index (κ2) is 8.57. The van der Waals surface area contributed by atoms with Crippen LogP contribution in [0.4, 0.5) is 0 Å². The van der Waals surface area contributed by atoms with E-state index in [1.165, 1.54) is 11.1 Å². The maximum atomic E-state index is 13.1. The van der Waals surface area contributed by atoms with Gasteiger partial charge in [0, 0.05) is 24.2 Å². The summed E-state index contributed by atoms with van der Waals surface area (Å²) in [5, 5.41) is 0. The average Bonchev–Trinajstić information content (AvgIpc) is 2.79. The van der Waals surface area contributed by atoms with Gasteiger partial charge in [0.1, 0.15) is 12.4 Å². The quantitative estimate of drug-likeness (QED) is 0.619. The van der Waals surface area contributed by atoms with Crippen molar-refractivity contribution in [2.75, 3.05) is 13.1 Å². The number of rotatable bonds is 5. The minimum atomic E-state index is 0.0654. The standard InChI is InChI=1S/C25H23NO2/c27-25(26-17-15-21(16-18-26)20-9-3-1-4-10-20)24-14-8-7-11-22(24)19-28-23-12-5-2-6-13-23/h1-15H,16-19H2. The van der Waals surface area contributed by atoms with Crippen molar-refractivity contribution in [1.82, 2.24) is 4.90 Å². The topological polar surface area (TPSA) is 29.5 Å². The van der Waals surface area contributed by atoms with Gasteiger partial charge in [-0.05, 0) is 35.8 Å². The predicted octanol–water partition coefficient (Wildman–Crippen LogP) is 5.20. The molecule has 0 atom stereocenters. The van der Waals surface area contributed by atoms with Crippen LogP contribution in [0.3, 0.4) is 0 Å². The van der Waals surface area contributed by atoms with Gasteiger partial charge in [0.15, 0.2) is 0 Å². The van der Waals surface area contributed by atoms with Crippen molar-refractivity contribution in [1.29, 1.82) is 0 Å². The fraction of sp³-hybridized carbons (Fsp3) is 0.160. The van der Waals surface area contributed by atoms with E-state index in [0.717, 1.165) is 29.8 Å². The number of carbonyl (C=O) groups excluding carboxylic acids is 1. The molecular formula is C25H23NO2. The molecule has 0 unspecified atom stereocenters. The minimum Gasteiger partial charge on any atom is -0.489 e. The van der Waals surface area contributed by atoms with Crippen molar-refractivity contribution in [3.8, 4) is 5.75 Å². The first-order valence-electron chi connectivity index (χ1n) is 9.61. The zero-order valence-electron chi connectivity index (χ0n) is 15.8. The lowest BCUT2D eigenvalue weighted by Gasteiger charge is -2.27. The van der Waals surface area contributed by atoms with Crippen LogP contribution in [0.1, 0.15) is 27.9 Å². The lowest BCUT2D eigenvalue weighted by molar-refractivity contribution is 0.0770. The normalized spacial score (nSPS) is 13.7. The summed E-state index contributed by atoms with van der Waals surface area (Å²) in [4.78, 5) is 15.0. The number of ether oxygens (including phenoxy) is 1. The molecule has 0 saturated heterocycles. The maximum absolute atomic E-state index is 13.1. The molecule has 3 heteroatoms. The number of nitrogens with zero attached hydrogens (tertiary/aromatic N) is 1. The zero-order chi connectivity index (χ0) is 19.2. The van der Waals surface area contributed by atoms with Gasteiger partial charge in [-0.1, -0.05) is 72.8 Å². The van der Waals surface area contributed by atoms with Crippen LogP contribution in [0, 0.1) is 0 Å². The summed E-state index contributed by atoms with van der Waals surface area (Å²) in [6.07, 6.45) is 3.04. The Balaban J connectivity index is 1.46. The summed E-state index contributed by atoms with van der Waals surface area (Å²) in [7, 11) is 0. The van der Waals surface area contributed by atoms with Gasteiger partial charge in [0.25, 0.3) is 5.91 Å². The van der Waals surface area contributed by atoms with Crippen molar-refractivity contribution in [2.45, 2.75) is 13.0 Å². The first-order valence-corrected chi connectivity index (χ1v) is 9.61. The summed E-state index contributed by atoms with van der Waals surface area (Å²) < 4.78 is 5.86. The Morgan fingerprint density at radius 1 is 0.857 bits per heavy atom. The molecule has 0 saturated carbocycles. The lowest BCUT2D eigenvalue weighted by Crippen LogP contribution is -2.35. The van der Waals surface area contributed by atoms with E-state index in [0.29, 0.717) is 13.2 Å². The first kappa shape index (κ1) is 18.1. The van der Waals surface area contributed by atoms with E-state index in [1.807, 2.05) is 65.6 Å². The zero-order valence-corrected chi connectivity index (χ0v) is 15.8. The third kappa shape index (κ3) is 4.15. The maximum Gasteiger partial charge on any atom is 0.254 e. The van der Waals surface area contributed by atoms with E-state index < -0.39 is 0 Å². The van der Waals surface area contributed by atoms with Gasteiger partial charge in [-0.2, -0.15) is 0 Å². The summed E-state index contributed by atoms with van der Waals surface area (Å²) in [5.74, 6) is 0.869. The molecule has 1 aliphatic rings. The molecule has 3 aromatic rings. The SMILES string of the molecule is O=C(c1ccccc1COc1ccccc1)N1CC=C(c2ccccc2)CC1. The summed E-state index contributed by atoms with van der Waals surface area (Å²) in [6, 6.07) is 27.8. The highest BCUT2D eigenvalue weighted by molar-refractivity contribution is 5.96. The molecule has 1 aliphatic heterocycles. The molecule has 3 aromatic carbocycles. The summed E-state index contributed by atoms with van der Waals surface area (Å²) >= 11 is 0. The molecule has 28 heavy (non-hydrogen) atoms. The van der Waals surface area contributed by atoms with Gasteiger partial charge in [-0.25, -0.2) is 0 Å². The third-order valence-corrected chi connectivity index (χ3v) is 5.03. The van der Waals surface area contributed by atoms with Crippen LogP contribution in [0.5, 0.6) is 5.75 Å². The first-order chi connectivity index (χ1) is 13.8. The number of amides is 1. The fourth-order valence-electron chi connectivity index (χ4n) is 3.47. The van der Waals surface area contributed by atoms with Crippen molar-refractivity contribution in [2.24, 2.45) is 0 Å². The minimum absolute atomic E-state index is 0.0654. The van der Waals surface area contributed by atoms with E-state index in [2.05, 4.69) is 30.3 Å². The lowest BCUT2D eigenvalue weighted by atomic mass is 9.98. The van der Waals surface area contributed by atoms with Gasteiger partial charge in [-0.3, -0.25) is 4.79 Å². The molecule has 0 aliphatic carbocycles. The molecule has 3 nitrogen and oxygen atoms in total.